The Morgan fingerprint density at radius 2 is 2.21 bits per heavy atom. The number of rotatable bonds is 7. The molecule has 5 nitrogen and oxygen atoms in total. The Balaban J connectivity index is 2.00. The van der Waals surface area contributed by atoms with Crippen molar-refractivity contribution in [3.63, 3.8) is 0 Å². The zero-order chi connectivity index (χ0) is 13.7. The van der Waals surface area contributed by atoms with Gasteiger partial charge >= 0.3 is 0 Å². The molecule has 0 spiro atoms. The molecule has 0 unspecified atom stereocenters. The fourth-order valence-electron chi connectivity index (χ4n) is 1.91. The van der Waals surface area contributed by atoms with Gasteiger partial charge in [0.05, 0.1) is 0 Å². The third kappa shape index (κ3) is 3.53. The van der Waals surface area contributed by atoms with Gasteiger partial charge in [-0.2, -0.15) is 4.98 Å². The minimum absolute atomic E-state index is 0.179. The van der Waals surface area contributed by atoms with E-state index < -0.39 is 0 Å². The second kappa shape index (κ2) is 6.31. The molecule has 0 amide bonds. The van der Waals surface area contributed by atoms with Crippen LogP contribution in [0.3, 0.4) is 0 Å². The average molecular weight is 261 g/mol. The van der Waals surface area contributed by atoms with Crippen LogP contribution >= 0.6 is 0 Å². The molecule has 0 aliphatic heterocycles. The second-order valence-electron chi connectivity index (χ2n) is 4.60. The largest absolute Gasteiger partial charge is 0.344 e. The Kier molecular flexibility index (Phi) is 4.49. The molecule has 2 rings (SSSR count). The SMILES string of the molecule is CCCC(=O)c1ccn(Cc2nc(CCC)no2)c1. The summed E-state index contributed by atoms with van der Waals surface area (Å²) in [5.74, 6) is 1.50. The molecule has 5 heteroatoms. The predicted molar refractivity (Wildman–Crippen MR) is 71.1 cm³/mol. The van der Waals surface area contributed by atoms with Crippen LogP contribution in [-0.2, 0) is 13.0 Å². The van der Waals surface area contributed by atoms with Crippen LogP contribution in [0.5, 0.6) is 0 Å². The van der Waals surface area contributed by atoms with Crippen molar-refractivity contribution in [2.24, 2.45) is 0 Å². The summed E-state index contributed by atoms with van der Waals surface area (Å²) in [5, 5.41) is 3.91. The van der Waals surface area contributed by atoms with Gasteiger partial charge in [-0.1, -0.05) is 19.0 Å². The van der Waals surface area contributed by atoms with Gasteiger partial charge in [0, 0.05) is 30.8 Å². The van der Waals surface area contributed by atoms with E-state index >= 15 is 0 Å². The van der Waals surface area contributed by atoms with Crippen LogP contribution < -0.4 is 0 Å². The molecule has 0 N–H and O–H groups in total. The number of carbonyl (C=O) groups is 1. The topological polar surface area (TPSA) is 60.9 Å². The van der Waals surface area contributed by atoms with Crippen LogP contribution in [0, 0.1) is 0 Å². The van der Waals surface area contributed by atoms with Crippen LogP contribution in [0.2, 0.25) is 0 Å². The van der Waals surface area contributed by atoms with Crippen molar-refractivity contribution in [2.75, 3.05) is 0 Å². The van der Waals surface area contributed by atoms with Crippen LogP contribution in [0.1, 0.15) is 55.2 Å². The van der Waals surface area contributed by atoms with Gasteiger partial charge in [-0.3, -0.25) is 4.79 Å². The highest BCUT2D eigenvalue weighted by molar-refractivity contribution is 5.95. The molecule has 0 saturated carbocycles. The van der Waals surface area contributed by atoms with Gasteiger partial charge in [-0.25, -0.2) is 0 Å². The Morgan fingerprint density at radius 1 is 1.37 bits per heavy atom. The molecule has 19 heavy (non-hydrogen) atoms. The van der Waals surface area contributed by atoms with Crippen molar-refractivity contribution >= 4 is 5.78 Å². The number of hydrogen-bond donors (Lipinski definition) is 0. The lowest BCUT2D eigenvalue weighted by Gasteiger charge is -1.97. The Labute approximate surface area is 112 Å². The number of hydrogen-bond acceptors (Lipinski definition) is 4. The third-order valence-electron chi connectivity index (χ3n) is 2.85. The van der Waals surface area contributed by atoms with E-state index in [4.69, 9.17) is 4.52 Å². The standard InChI is InChI=1S/C14H19N3O2/c1-3-5-12(18)11-7-8-17(9-11)10-14-15-13(6-4-2)16-19-14/h7-9H,3-6,10H2,1-2H3. The van der Waals surface area contributed by atoms with E-state index in [1.807, 2.05) is 30.0 Å². The molecule has 0 atom stereocenters. The summed E-state index contributed by atoms with van der Waals surface area (Å²) in [6, 6.07) is 1.83. The van der Waals surface area contributed by atoms with E-state index in [-0.39, 0.29) is 5.78 Å². The van der Waals surface area contributed by atoms with Crippen molar-refractivity contribution in [2.45, 2.75) is 46.1 Å². The maximum absolute atomic E-state index is 11.7. The predicted octanol–water partition coefficient (Wildman–Crippen LogP) is 2.85. The zero-order valence-electron chi connectivity index (χ0n) is 11.4. The summed E-state index contributed by atoms with van der Waals surface area (Å²) in [7, 11) is 0. The first-order valence-electron chi connectivity index (χ1n) is 6.73. The number of Topliss-reactive ketones (excluding diaryl/α,β-unsaturated/α-hetero) is 1. The molecule has 0 saturated heterocycles. The summed E-state index contributed by atoms with van der Waals surface area (Å²) in [4.78, 5) is 16.0. The minimum Gasteiger partial charge on any atom is -0.344 e. The molecule has 0 aliphatic rings. The summed E-state index contributed by atoms with van der Waals surface area (Å²) in [6.07, 6.45) is 6.99. The molecule has 102 valence electrons. The summed E-state index contributed by atoms with van der Waals surface area (Å²) >= 11 is 0. The Bertz CT molecular complexity index is 542. The van der Waals surface area contributed by atoms with Gasteiger partial charge in [0.25, 0.3) is 0 Å². The van der Waals surface area contributed by atoms with Gasteiger partial charge in [0.1, 0.15) is 6.54 Å². The zero-order valence-corrected chi connectivity index (χ0v) is 11.4. The maximum Gasteiger partial charge on any atom is 0.246 e. The van der Waals surface area contributed by atoms with Crippen molar-refractivity contribution in [3.05, 3.63) is 35.7 Å². The molecule has 2 heterocycles. The summed E-state index contributed by atoms with van der Waals surface area (Å²) in [5.41, 5.74) is 0.746. The highest BCUT2D eigenvalue weighted by Gasteiger charge is 2.09. The lowest BCUT2D eigenvalue weighted by molar-refractivity contribution is 0.0981. The van der Waals surface area contributed by atoms with Crippen LogP contribution in [0.4, 0.5) is 0 Å². The molecule has 0 radical (unpaired) electrons. The highest BCUT2D eigenvalue weighted by Crippen LogP contribution is 2.09. The van der Waals surface area contributed by atoms with E-state index in [1.165, 1.54) is 0 Å². The lowest BCUT2D eigenvalue weighted by atomic mass is 10.1. The van der Waals surface area contributed by atoms with E-state index in [0.717, 1.165) is 30.7 Å². The van der Waals surface area contributed by atoms with Crippen molar-refractivity contribution in [1.82, 2.24) is 14.7 Å². The fourth-order valence-corrected chi connectivity index (χ4v) is 1.91. The molecule has 0 bridgehead atoms. The monoisotopic (exact) mass is 261 g/mol. The average Bonchev–Trinajstić information content (AvgIpc) is 3.00. The van der Waals surface area contributed by atoms with E-state index in [0.29, 0.717) is 18.9 Å². The van der Waals surface area contributed by atoms with Crippen molar-refractivity contribution < 1.29 is 9.32 Å². The van der Waals surface area contributed by atoms with Gasteiger partial charge in [0.15, 0.2) is 11.6 Å². The van der Waals surface area contributed by atoms with Crippen LogP contribution in [0.15, 0.2) is 23.0 Å². The van der Waals surface area contributed by atoms with Crippen LogP contribution in [0.25, 0.3) is 0 Å². The quantitative estimate of drug-likeness (QED) is 0.719. The first-order chi connectivity index (χ1) is 9.22. The van der Waals surface area contributed by atoms with Gasteiger partial charge < -0.3 is 9.09 Å². The first kappa shape index (κ1) is 13.5. The van der Waals surface area contributed by atoms with E-state index in [9.17, 15) is 4.79 Å². The fraction of sp³-hybridized carbons (Fsp3) is 0.500. The van der Waals surface area contributed by atoms with Gasteiger partial charge in [0.2, 0.25) is 5.89 Å². The molecule has 0 fully saturated rings. The van der Waals surface area contributed by atoms with Crippen molar-refractivity contribution in [1.29, 1.82) is 0 Å². The van der Waals surface area contributed by atoms with Crippen LogP contribution in [-0.4, -0.2) is 20.5 Å². The third-order valence-corrected chi connectivity index (χ3v) is 2.85. The minimum atomic E-state index is 0.179. The first-order valence-corrected chi connectivity index (χ1v) is 6.73. The van der Waals surface area contributed by atoms with E-state index in [2.05, 4.69) is 17.1 Å². The summed E-state index contributed by atoms with van der Waals surface area (Å²) in [6.45, 7) is 4.59. The number of aromatic nitrogens is 3. The highest BCUT2D eigenvalue weighted by atomic mass is 16.5. The maximum atomic E-state index is 11.7. The number of nitrogens with zero attached hydrogens (tertiary/aromatic N) is 3. The number of carbonyl (C=O) groups excluding carboxylic acids is 1. The van der Waals surface area contributed by atoms with Gasteiger partial charge in [-0.05, 0) is 18.9 Å². The summed E-state index contributed by atoms with van der Waals surface area (Å²) < 4.78 is 7.07. The Hall–Kier alpha value is -1.91. The Morgan fingerprint density at radius 3 is 2.95 bits per heavy atom. The van der Waals surface area contributed by atoms with Gasteiger partial charge in [-0.15, -0.1) is 0 Å². The molecule has 0 aliphatic carbocycles. The van der Waals surface area contributed by atoms with Crippen molar-refractivity contribution in [3.8, 4) is 0 Å². The molecule has 0 aromatic carbocycles. The lowest BCUT2D eigenvalue weighted by Crippen LogP contribution is -1.99. The number of ketones is 1. The smallest absolute Gasteiger partial charge is 0.246 e. The molecule has 2 aromatic rings. The second-order valence-corrected chi connectivity index (χ2v) is 4.60. The number of aryl methyl sites for hydroxylation is 1. The molecular formula is C14H19N3O2. The molecular weight excluding hydrogens is 242 g/mol. The molecule has 2 aromatic heterocycles. The van der Waals surface area contributed by atoms with E-state index in [1.54, 1.807) is 0 Å². The normalized spacial score (nSPS) is 10.8.